The molecule has 0 saturated heterocycles. The van der Waals surface area contributed by atoms with E-state index in [0.717, 1.165) is 23.5 Å². The molecule has 0 fully saturated rings. The van der Waals surface area contributed by atoms with Gasteiger partial charge in [0.05, 0.1) is 22.7 Å². The Bertz CT molecular complexity index is 539. The van der Waals surface area contributed by atoms with E-state index < -0.39 is 14.6 Å². The number of hydrogen-bond donors (Lipinski definition) is 1. The van der Waals surface area contributed by atoms with Crippen molar-refractivity contribution < 1.29 is 8.42 Å². The second-order valence-electron chi connectivity index (χ2n) is 5.83. The smallest absolute Gasteiger partial charge is 0.157 e. The number of nitrogens with zero attached hydrogens (tertiary/aromatic N) is 2. The minimum absolute atomic E-state index is 0.122. The molecule has 0 radical (unpaired) electrons. The molecule has 6 heteroatoms. The standard InChI is InChI=1S/C13H25N3O2S/c1-10-12(9-14-6)11(2)16(15-10)7-8-19(17,18)13(3,4)5/h14H,7-9H2,1-6H3. The number of aryl methyl sites for hydroxylation is 2. The van der Waals surface area contributed by atoms with Gasteiger partial charge in [0.2, 0.25) is 0 Å². The summed E-state index contributed by atoms with van der Waals surface area (Å²) in [6.07, 6.45) is 0. The maximum absolute atomic E-state index is 12.1. The number of rotatable bonds is 5. The van der Waals surface area contributed by atoms with E-state index in [4.69, 9.17) is 0 Å². The molecule has 0 aliphatic carbocycles. The van der Waals surface area contributed by atoms with Crippen LogP contribution < -0.4 is 5.32 Å². The van der Waals surface area contributed by atoms with Crippen LogP contribution in [0.25, 0.3) is 0 Å². The van der Waals surface area contributed by atoms with Gasteiger partial charge in [-0.25, -0.2) is 8.42 Å². The normalized spacial score (nSPS) is 12.9. The largest absolute Gasteiger partial charge is 0.316 e. The van der Waals surface area contributed by atoms with Crippen LogP contribution in [-0.4, -0.2) is 35.7 Å². The average molecular weight is 287 g/mol. The average Bonchev–Trinajstić information content (AvgIpc) is 2.53. The van der Waals surface area contributed by atoms with Gasteiger partial charge in [0.25, 0.3) is 0 Å². The minimum Gasteiger partial charge on any atom is -0.316 e. The molecule has 0 saturated carbocycles. The summed E-state index contributed by atoms with van der Waals surface area (Å²) in [6, 6.07) is 0. The molecular formula is C13H25N3O2S. The molecule has 1 N–H and O–H groups in total. The predicted molar refractivity (Wildman–Crippen MR) is 78.0 cm³/mol. The van der Waals surface area contributed by atoms with Gasteiger partial charge in [-0.05, 0) is 41.7 Å². The summed E-state index contributed by atoms with van der Waals surface area (Å²) in [5, 5.41) is 7.53. The van der Waals surface area contributed by atoms with Gasteiger partial charge in [0.15, 0.2) is 9.84 Å². The lowest BCUT2D eigenvalue weighted by Crippen LogP contribution is -2.32. The molecule has 1 rings (SSSR count). The first-order valence-corrected chi connectivity index (χ1v) is 8.15. The second kappa shape index (κ2) is 5.63. The van der Waals surface area contributed by atoms with Crippen LogP contribution in [0.1, 0.15) is 37.7 Å². The van der Waals surface area contributed by atoms with Crippen LogP contribution in [0.3, 0.4) is 0 Å². The lowest BCUT2D eigenvalue weighted by molar-refractivity contribution is 0.545. The molecule has 0 aromatic carbocycles. The van der Waals surface area contributed by atoms with E-state index in [2.05, 4.69) is 10.4 Å². The van der Waals surface area contributed by atoms with Crippen molar-refractivity contribution in [2.24, 2.45) is 0 Å². The molecule has 0 aliphatic rings. The lowest BCUT2D eigenvalue weighted by atomic mass is 10.2. The summed E-state index contributed by atoms with van der Waals surface area (Å²) in [7, 11) is -1.22. The SMILES string of the molecule is CNCc1c(C)nn(CCS(=O)(=O)C(C)(C)C)c1C. The van der Waals surface area contributed by atoms with Crippen molar-refractivity contribution in [3.63, 3.8) is 0 Å². The molecule has 5 nitrogen and oxygen atoms in total. The van der Waals surface area contributed by atoms with Gasteiger partial charge >= 0.3 is 0 Å². The quantitative estimate of drug-likeness (QED) is 0.890. The van der Waals surface area contributed by atoms with Crippen LogP contribution in [0.4, 0.5) is 0 Å². The Kier molecular flexibility index (Phi) is 4.79. The first-order chi connectivity index (χ1) is 8.60. The highest BCUT2D eigenvalue weighted by Gasteiger charge is 2.28. The van der Waals surface area contributed by atoms with Crippen molar-refractivity contribution in [1.82, 2.24) is 15.1 Å². The molecule has 0 unspecified atom stereocenters. The fourth-order valence-corrected chi connectivity index (χ4v) is 2.92. The second-order valence-corrected chi connectivity index (χ2v) is 8.70. The molecular weight excluding hydrogens is 262 g/mol. The van der Waals surface area contributed by atoms with E-state index in [0.29, 0.717) is 6.54 Å². The first kappa shape index (κ1) is 16.2. The van der Waals surface area contributed by atoms with Gasteiger partial charge in [-0.2, -0.15) is 5.10 Å². The first-order valence-electron chi connectivity index (χ1n) is 6.50. The van der Waals surface area contributed by atoms with Crippen LogP contribution in [0.15, 0.2) is 0 Å². The fraction of sp³-hybridized carbons (Fsp3) is 0.769. The maximum atomic E-state index is 12.1. The van der Waals surface area contributed by atoms with Gasteiger partial charge in [-0.15, -0.1) is 0 Å². The summed E-state index contributed by atoms with van der Waals surface area (Å²) < 4.78 is 25.3. The van der Waals surface area contributed by atoms with Crippen LogP contribution in [-0.2, 0) is 22.9 Å². The van der Waals surface area contributed by atoms with E-state index in [9.17, 15) is 8.42 Å². The zero-order chi connectivity index (χ0) is 14.8. The van der Waals surface area contributed by atoms with E-state index >= 15 is 0 Å². The van der Waals surface area contributed by atoms with Gasteiger partial charge in [0, 0.05) is 17.8 Å². The minimum atomic E-state index is -3.11. The number of nitrogens with one attached hydrogen (secondary N) is 1. The van der Waals surface area contributed by atoms with Crippen LogP contribution in [0.5, 0.6) is 0 Å². The molecule has 0 amide bonds. The highest BCUT2D eigenvalue weighted by Crippen LogP contribution is 2.18. The van der Waals surface area contributed by atoms with Crippen molar-refractivity contribution in [3.05, 3.63) is 17.0 Å². The Morgan fingerprint density at radius 2 is 1.84 bits per heavy atom. The monoisotopic (exact) mass is 287 g/mol. The maximum Gasteiger partial charge on any atom is 0.157 e. The van der Waals surface area contributed by atoms with Crippen LogP contribution in [0, 0.1) is 13.8 Å². The van der Waals surface area contributed by atoms with Gasteiger partial charge in [-0.3, -0.25) is 4.68 Å². The third-order valence-electron chi connectivity index (χ3n) is 3.39. The molecule has 0 spiro atoms. The van der Waals surface area contributed by atoms with Crippen LogP contribution in [0.2, 0.25) is 0 Å². The Hall–Kier alpha value is -0.880. The zero-order valence-electron chi connectivity index (χ0n) is 12.7. The zero-order valence-corrected chi connectivity index (χ0v) is 13.6. The third-order valence-corrected chi connectivity index (χ3v) is 5.98. The molecule has 19 heavy (non-hydrogen) atoms. The Balaban J connectivity index is 2.88. The lowest BCUT2D eigenvalue weighted by Gasteiger charge is -2.19. The van der Waals surface area contributed by atoms with Crippen molar-refractivity contribution in [1.29, 1.82) is 0 Å². The molecule has 1 heterocycles. The molecule has 1 aromatic heterocycles. The Morgan fingerprint density at radius 3 is 2.32 bits per heavy atom. The Labute approximate surface area is 116 Å². The van der Waals surface area contributed by atoms with Crippen molar-refractivity contribution in [2.75, 3.05) is 12.8 Å². The molecule has 110 valence electrons. The summed E-state index contributed by atoms with van der Waals surface area (Å²) in [5.41, 5.74) is 3.15. The summed E-state index contributed by atoms with van der Waals surface area (Å²) in [5.74, 6) is 0.122. The van der Waals surface area contributed by atoms with E-state index in [1.165, 1.54) is 0 Å². The van der Waals surface area contributed by atoms with E-state index in [1.54, 1.807) is 25.5 Å². The molecule has 0 atom stereocenters. The number of sulfone groups is 1. The van der Waals surface area contributed by atoms with Crippen molar-refractivity contribution in [3.8, 4) is 0 Å². The molecule has 0 aliphatic heterocycles. The summed E-state index contributed by atoms with van der Waals surface area (Å²) >= 11 is 0. The molecule has 1 aromatic rings. The topological polar surface area (TPSA) is 64.0 Å². The highest BCUT2D eigenvalue weighted by atomic mass is 32.2. The van der Waals surface area contributed by atoms with Gasteiger partial charge in [-0.1, -0.05) is 0 Å². The van der Waals surface area contributed by atoms with E-state index in [1.807, 2.05) is 20.9 Å². The summed E-state index contributed by atoms with van der Waals surface area (Å²) in [4.78, 5) is 0. The third kappa shape index (κ3) is 3.57. The van der Waals surface area contributed by atoms with Gasteiger partial charge < -0.3 is 5.32 Å². The highest BCUT2D eigenvalue weighted by molar-refractivity contribution is 7.92. The van der Waals surface area contributed by atoms with Crippen molar-refractivity contribution in [2.45, 2.75) is 52.5 Å². The number of aromatic nitrogens is 2. The molecule has 0 bridgehead atoms. The fourth-order valence-electron chi connectivity index (χ4n) is 1.90. The summed E-state index contributed by atoms with van der Waals surface area (Å²) in [6.45, 7) is 10.3. The Morgan fingerprint density at radius 1 is 1.26 bits per heavy atom. The van der Waals surface area contributed by atoms with E-state index in [-0.39, 0.29) is 5.75 Å². The van der Waals surface area contributed by atoms with Crippen LogP contribution >= 0.6 is 0 Å². The predicted octanol–water partition coefficient (Wildman–Crippen LogP) is 1.43. The number of hydrogen-bond acceptors (Lipinski definition) is 4. The van der Waals surface area contributed by atoms with Gasteiger partial charge in [0.1, 0.15) is 0 Å². The van der Waals surface area contributed by atoms with Crippen molar-refractivity contribution >= 4 is 9.84 Å².